The molecular weight excluding hydrogens is 194 g/mol. The van der Waals surface area contributed by atoms with Crippen LogP contribution in [0.3, 0.4) is 0 Å². The summed E-state index contributed by atoms with van der Waals surface area (Å²) in [6.45, 7) is 5.79. The van der Waals surface area contributed by atoms with Crippen LogP contribution in [0, 0.1) is 6.92 Å². The van der Waals surface area contributed by atoms with Crippen molar-refractivity contribution in [2.45, 2.75) is 37.0 Å². The first-order valence-electron chi connectivity index (χ1n) is 4.71. The minimum Gasteiger partial charge on any atom is -0.398 e. The molecule has 0 aromatic heterocycles. The molecule has 0 amide bonds. The molecule has 14 heavy (non-hydrogen) atoms. The van der Waals surface area contributed by atoms with Crippen LogP contribution in [-0.2, 0) is 0 Å². The lowest BCUT2D eigenvalue weighted by atomic mass is 10.2. The Morgan fingerprint density at radius 2 is 2.00 bits per heavy atom. The molecular formula is C11H17NOS. The fourth-order valence-electron chi connectivity index (χ4n) is 1.00. The van der Waals surface area contributed by atoms with Gasteiger partial charge in [-0.25, -0.2) is 0 Å². The third kappa shape index (κ3) is 2.93. The average Bonchev–Trinajstić information content (AvgIpc) is 2.11. The fraction of sp³-hybridized carbons (Fsp3) is 0.455. The van der Waals surface area contributed by atoms with Crippen molar-refractivity contribution in [3.8, 4) is 0 Å². The van der Waals surface area contributed by atoms with Crippen molar-refractivity contribution in [3.63, 3.8) is 0 Å². The largest absolute Gasteiger partial charge is 0.398 e. The molecule has 78 valence electrons. The lowest BCUT2D eigenvalue weighted by molar-refractivity contribution is 0.196. The molecule has 3 heteroatoms. The van der Waals surface area contributed by atoms with Gasteiger partial charge >= 0.3 is 0 Å². The lowest BCUT2D eigenvalue weighted by Gasteiger charge is -2.14. The molecule has 0 bridgehead atoms. The number of aryl methyl sites for hydroxylation is 1. The van der Waals surface area contributed by atoms with Crippen molar-refractivity contribution in [1.29, 1.82) is 0 Å². The third-order valence-corrected chi connectivity index (χ3v) is 3.54. The van der Waals surface area contributed by atoms with Crippen molar-refractivity contribution in [1.82, 2.24) is 0 Å². The monoisotopic (exact) mass is 211 g/mol. The number of hydrogen-bond acceptors (Lipinski definition) is 3. The molecule has 0 fully saturated rings. The smallest absolute Gasteiger partial charge is 0.0631 e. The lowest BCUT2D eigenvalue weighted by Crippen LogP contribution is -2.14. The second kappa shape index (κ2) is 4.71. The number of benzene rings is 1. The second-order valence-corrected chi connectivity index (χ2v) is 5.03. The number of nitrogens with two attached hydrogens (primary N) is 1. The average molecular weight is 211 g/mol. The normalized spacial score (nSPS) is 15.1. The quantitative estimate of drug-likeness (QED) is 0.596. The van der Waals surface area contributed by atoms with Gasteiger partial charge in [-0.15, -0.1) is 11.8 Å². The van der Waals surface area contributed by atoms with Gasteiger partial charge < -0.3 is 10.8 Å². The highest BCUT2D eigenvalue weighted by Crippen LogP contribution is 2.27. The first-order valence-corrected chi connectivity index (χ1v) is 5.59. The van der Waals surface area contributed by atoms with E-state index in [0.29, 0.717) is 0 Å². The van der Waals surface area contributed by atoms with Crippen molar-refractivity contribution in [2.24, 2.45) is 0 Å². The highest BCUT2D eigenvalue weighted by Gasteiger charge is 2.10. The van der Waals surface area contributed by atoms with Crippen molar-refractivity contribution in [2.75, 3.05) is 5.73 Å². The molecule has 0 aliphatic rings. The summed E-state index contributed by atoms with van der Waals surface area (Å²) in [5.74, 6) is 0. The van der Waals surface area contributed by atoms with Crippen LogP contribution in [0.1, 0.15) is 19.4 Å². The molecule has 0 heterocycles. The Hall–Kier alpha value is -0.670. The van der Waals surface area contributed by atoms with Gasteiger partial charge in [-0.3, -0.25) is 0 Å². The van der Waals surface area contributed by atoms with E-state index in [1.807, 2.05) is 32.0 Å². The summed E-state index contributed by atoms with van der Waals surface area (Å²) in [6, 6.07) is 6.00. The van der Waals surface area contributed by atoms with Gasteiger partial charge in [-0.2, -0.15) is 0 Å². The van der Waals surface area contributed by atoms with Crippen LogP contribution >= 0.6 is 11.8 Å². The number of aliphatic hydroxyl groups is 1. The van der Waals surface area contributed by atoms with E-state index in [4.69, 9.17) is 5.73 Å². The Morgan fingerprint density at radius 3 is 2.50 bits per heavy atom. The van der Waals surface area contributed by atoms with Crippen LogP contribution in [0.15, 0.2) is 23.1 Å². The summed E-state index contributed by atoms with van der Waals surface area (Å²) in [7, 11) is 0. The van der Waals surface area contributed by atoms with Gasteiger partial charge in [-0.05, 0) is 31.5 Å². The van der Waals surface area contributed by atoms with Gasteiger partial charge in [-0.1, -0.05) is 13.0 Å². The van der Waals surface area contributed by atoms with E-state index in [0.717, 1.165) is 16.1 Å². The third-order valence-electron chi connectivity index (χ3n) is 2.25. The number of aliphatic hydroxyl groups excluding tert-OH is 1. The maximum absolute atomic E-state index is 9.35. The SMILES string of the molecule is Cc1ccc(SC(C)C(C)O)cc1N. The van der Waals surface area contributed by atoms with Crippen LogP contribution in [0.2, 0.25) is 0 Å². The van der Waals surface area contributed by atoms with E-state index in [9.17, 15) is 5.11 Å². The summed E-state index contributed by atoms with van der Waals surface area (Å²) in [6.07, 6.45) is -0.303. The minimum absolute atomic E-state index is 0.192. The van der Waals surface area contributed by atoms with E-state index in [2.05, 4.69) is 0 Å². The number of rotatable bonds is 3. The van der Waals surface area contributed by atoms with E-state index < -0.39 is 0 Å². The highest BCUT2D eigenvalue weighted by molar-refractivity contribution is 8.00. The Kier molecular flexibility index (Phi) is 3.84. The van der Waals surface area contributed by atoms with Crippen LogP contribution in [0.25, 0.3) is 0 Å². The molecule has 0 saturated heterocycles. The first-order chi connectivity index (χ1) is 6.50. The zero-order chi connectivity index (χ0) is 10.7. The number of anilines is 1. The zero-order valence-corrected chi connectivity index (χ0v) is 9.64. The van der Waals surface area contributed by atoms with Gasteiger partial charge in [0.1, 0.15) is 0 Å². The van der Waals surface area contributed by atoms with Crippen molar-refractivity contribution < 1.29 is 5.11 Å². The molecule has 0 aliphatic heterocycles. The summed E-state index contributed by atoms with van der Waals surface area (Å²) < 4.78 is 0. The molecule has 0 saturated carbocycles. The minimum atomic E-state index is -0.303. The van der Waals surface area contributed by atoms with E-state index in [1.165, 1.54) is 0 Å². The number of nitrogen functional groups attached to an aromatic ring is 1. The maximum atomic E-state index is 9.35. The molecule has 3 N–H and O–H groups in total. The second-order valence-electron chi connectivity index (χ2n) is 3.58. The Morgan fingerprint density at radius 1 is 1.36 bits per heavy atom. The first kappa shape index (κ1) is 11.4. The zero-order valence-electron chi connectivity index (χ0n) is 8.82. The van der Waals surface area contributed by atoms with Crippen LogP contribution in [0.4, 0.5) is 5.69 Å². The Bertz CT molecular complexity index is 312. The summed E-state index contributed by atoms with van der Waals surface area (Å²) in [4.78, 5) is 1.11. The summed E-state index contributed by atoms with van der Waals surface area (Å²) >= 11 is 1.64. The van der Waals surface area contributed by atoms with Gasteiger partial charge in [0.25, 0.3) is 0 Å². The molecule has 1 aromatic rings. The van der Waals surface area contributed by atoms with Crippen molar-refractivity contribution in [3.05, 3.63) is 23.8 Å². The van der Waals surface area contributed by atoms with Gasteiger partial charge in [0.2, 0.25) is 0 Å². The molecule has 2 atom stereocenters. The summed E-state index contributed by atoms with van der Waals surface area (Å²) in [5.41, 5.74) is 7.71. The molecule has 0 spiro atoms. The molecule has 2 nitrogen and oxygen atoms in total. The number of thioether (sulfide) groups is 1. The molecule has 2 unspecified atom stereocenters. The molecule has 1 aromatic carbocycles. The summed E-state index contributed by atoms with van der Waals surface area (Å²) in [5, 5.41) is 9.55. The van der Waals surface area contributed by atoms with E-state index in [1.54, 1.807) is 18.7 Å². The standard InChI is InChI=1S/C11H17NOS/c1-7-4-5-10(6-11(7)12)14-9(3)8(2)13/h4-6,8-9,13H,12H2,1-3H3. The van der Waals surface area contributed by atoms with Gasteiger partial charge in [0, 0.05) is 15.8 Å². The van der Waals surface area contributed by atoms with Crippen molar-refractivity contribution >= 4 is 17.4 Å². The molecule has 0 radical (unpaired) electrons. The van der Waals surface area contributed by atoms with Crippen LogP contribution in [0.5, 0.6) is 0 Å². The maximum Gasteiger partial charge on any atom is 0.0631 e. The molecule has 0 aliphatic carbocycles. The number of hydrogen-bond donors (Lipinski definition) is 2. The fourth-order valence-corrected chi connectivity index (χ4v) is 1.97. The predicted octanol–water partition coefficient (Wildman–Crippen LogP) is 2.44. The van der Waals surface area contributed by atoms with Crippen LogP contribution in [-0.4, -0.2) is 16.5 Å². The highest BCUT2D eigenvalue weighted by atomic mass is 32.2. The van der Waals surface area contributed by atoms with E-state index >= 15 is 0 Å². The van der Waals surface area contributed by atoms with Crippen LogP contribution < -0.4 is 5.73 Å². The Labute approximate surface area is 89.5 Å². The Balaban J connectivity index is 2.73. The topological polar surface area (TPSA) is 46.2 Å². The van der Waals surface area contributed by atoms with Gasteiger partial charge in [0.15, 0.2) is 0 Å². The van der Waals surface area contributed by atoms with E-state index in [-0.39, 0.29) is 11.4 Å². The molecule has 1 rings (SSSR count). The van der Waals surface area contributed by atoms with Gasteiger partial charge in [0.05, 0.1) is 6.10 Å². The predicted molar refractivity (Wildman–Crippen MR) is 62.6 cm³/mol.